The number of likely N-dealkylation sites (N-methyl/N-ethyl adjacent to an activating group) is 1. The average Bonchev–Trinajstić information content (AvgIpc) is 3.72. The van der Waals surface area contributed by atoms with Gasteiger partial charge in [-0.15, -0.1) is 0 Å². The zero-order valence-electron chi connectivity index (χ0n) is 37.3. The summed E-state index contributed by atoms with van der Waals surface area (Å²) in [6.45, 7) is 11.1. The van der Waals surface area contributed by atoms with Gasteiger partial charge < -0.3 is 36.1 Å². The standard InChI is InChI=1S/C44H59N13O6/c1-9-49-33(21-27(4)45)41(60)52-43-51-32-24-30(46)25-36(63-19-13-14-37(58)54(7)48-6)39(32)57(43)18-12-11-17-56-38-31(22-29(40(47)59)23-35(38)62-8)50-44(56)53-42(61)34-20-26(3)15-16-28(5)55(34)10-2/h11-12,15,20-25,28,48H,9-10,13-14,16-19,46H2,1-8H3,(H6,45,47,49,50,51,52,53,59,60,61)/p+1/b12-11+. The number of amides is 4. The summed E-state index contributed by atoms with van der Waals surface area (Å²) in [4.78, 5) is 67.0. The number of carbonyl (C=O) groups is 4. The number of primary amides is 1. The van der Waals surface area contributed by atoms with Crippen molar-refractivity contribution in [2.24, 2.45) is 16.5 Å². The number of hydrogen-bond acceptors (Lipinski definition) is 12. The van der Waals surface area contributed by atoms with Gasteiger partial charge in [0.25, 0.3) is 5.91 Å². The first-order valence-corrected chi connectivity index (χ1v) is 20.8. The molecule has 1 aliphatic rings. The molecule has 4 aromatic rings. The van der Waals surface area contributed by atoms with Crippen molar-refractivity contribution in [3.63, 3.8) is 0 Å². The topological polar surface area (TPSA) is 257 Å². The van der Waals surface area contributed by atoms with Gasteiger partial charge in [0.1, 0.15) is 28.2 Å². The highest BCUT2D eigenvalue weighted by Gasteiger charge is 2.27. The zero-order valence-corrected chi connectivity index (χ0v) is 37.3. The number of hydrogen-bond donors (Lipinski definition) is 7. The predicted molar refractivity (Wildman–Crippen MR) is 245 cm³/mol. The van der Waals surface area contributed by atoms with Gasteiger partial charge in [0.2, 0.25) is 17.8 Å². The third kappa shape index (κ3) is 11.2. The number of carbonyl (C=O) groups excluding carboxylic acids is 4. The lowest BCUT2D eigenvalue weighted by molar-refractivity contribution is -0.646. The van der Waals surface area contributed by atoms with E-state index in [0.29, 0.717) is 76.1 Å². The van der Waals surface area contributed by atoms with Crippen LogP contribution in [-0.4, -0.2) is 101 Å². The Kier molecular flexibility index (Phi) is 15.7. The molecule has 10 N–H and O–H groups in total. The van der Waals surface area contributed by atoms with E-state index in [-0.39, 0.29) is 61.2 Å². The maximum Gasteiger partial charge on any atom is 0.363 e. The fourth-order valence-electron chi connectivity index (χ4n) is 7.22. The van der Waals surface area contributed by atoms with Crippen molar-refractivity contribution < 1.29 is 33.2 Å². The Balaban J connectivity index is 1.55. The number of hydrazine groups is 1. The van der Waals surface area contributed by atoms with Gasteiger partial charge >= 0.3 is 11.9 Å². The predicted octanol–water partition coefficient (Wildman–Crippen LogP) is 3.65. The molecule has 0 fully saturated rings. The molecular formula is C44H60N13O6+. The van der Waals surface area contributed by atoms with E-state index in [0.717, 1.165) is 12.0 Å². The van der Waals surface area contributed by atoms with Crippen LogP contribution in [0.2, 0.25) is 0 Å². The molecule has 4 amide bonds. The molecule has 0 saturated carbocycles. The van der Waals surface area contributed by atoms with E-state index >= 15 is 0 Å². The van der Waals surface area contributed by atoms with E-state index < -0.39 is 11.8 Å². The largest absolute Gasteiger partial charge is 0.494 e. The minimum atomic E-state index is -0.658. The molecule has 2 aromatic carbocycles. The Morgan fingerprint density at radius 3 is 2.54 bits per heavy atom. The number of nitrogens with zero attached hydrogens (tertiary/aromatic N) is 6. The number of aromatic nitrogens is 4. The van der Waals surface area contributed by atoms with Gasteiger partial charge in [0, 0.05) is 75.3 Å². The number of nitrogens with two attached hydrogens (primary N) is 3. The molecule has 0 spiro atoms. The second kappa shape index (κ2) is 21.1. The monoisotopic (exact) mass is 866 g/mol. The third-order valence-corrected chi connectivity index (χ3v) is 10.4. The van der Waals surface area contributed by atoms with Gasteiger partial charge in [-0.25, -0.2) is 30.1 Å². The van der Waals surface area contributed by atoms with E-state index in [1.807, 2.05) is 48.5 Å². The highest BCUT2D eigenvalue weighted by molar-refractivity contribution is 6.47. The number of nitrogen functional groups attached to an aromatic ring is 1. The molecule has 336 valence electrons. The van der Waals surface area contributed by atoms with Crippen LogP contribution in [0.15, 0.2) is 76.6 Å². The van der Waals surface area contributed by atoms with Gasteiger partial charge in [-0.2, -0.15) is 0 Å². The van der Waals surface area contributed by atoms with Gasteiger partial charge in [0.05, 0.1) is 25.8 Å². The molecule has 0 saturated heterocycles. The van der Waals surface area contributed by atoms with E-state index in [9.17, 15) is 19.2 Å². The maximum atomic E-state index is 14.1. The summed E-state index contributed by atoms with van der Waals surface area (Å²) in [7, 11) is 4.79. The summed E-state index contributed by atoms with van der Waals surface area (Å²) in [5, 5.41) is 7.39. The lowest BCUT2D eigenvalue weighted by atomic mass is 10.1. The van der Waals surface area contributed by atoms with Crippen molar-refractivity contribution in [2.45, 2.75) is 73.0 Å². The fraction of sp³-hybridized carbons (Fsp3) is 0.386. The van der Waals surface area contributed by atoms with Crippen LogP contribution in [0.1, 0.15) is 64.2 Å². The Hall–Kier alpha value is -7.15. The minimum Gasteiger partial charge on any atom is -0.494 e. The van der Waals surface area contributed by atoms with Crippen LogP contribution in [0, 0.1) is 0 Å². The number of fused-ring (bicyclic) bond motifs is 2. The Labute approximate surface area is 366 Å². The molecule has 2 aromatic heterocycles. The Morgan fingerprint density at radius 1 is 1.11 bits per heavy atom. The van der Waals surface area contributed by atoms with E-state index in [1.54, 1.807) is 43.8 Å². The smallest absolute Gasteiger partial charge is 0.363 e. The molecule has 1 atom stereocenters. The van der Waals surface area contributed by atoms with Crippen molar-refractivity contribution in [1.29, 1.82) is 0 Å². The number of aliphatic imine (C=N–C) groups is 1. The summed E-state index contributed by atoms with van der Waals surface area (Å²) in [6.07, 6.45) is 10.7. The molecule has 1 aliphatic heterocycles. The quantitative estimate of drug-likeness (QED) is 0.0179. The number of ether oxygens (including phenoxy) is 2. The van der Waals surface area contributed by atoms with E-state index in [4.69, 9.17) is 31.7 Å². The number of aromatic amines is 1. The first kappa shape index (κ1) is 46.9. The maximum absolute atomic E-state index is 14.1. The van der Waals surface area contributed by atoms with Crippen molar-refractivity contribution in [3.8, 4) is 11.5 Å². The van der Waals surface area contributed by atoms with Gasteiger partial charge in [-0.05, 0) is 71.7 Å². The van der Waals surface area contributed by atoms with Crippen LogP contribution in [0.3, 0.4) is 0 Å². The molecule has 19 nitrogen and oxygen atoms in total. The molecule has 0 bridgehead atoms. The molecule has 0 aliphatic carbocycles. The van der Waals surface area contributed by atoms with Gasteiger partial charge in [0.15, 0.2) is 11.3 Å². The molecule has 3 heterocycles. The summed E-state index contributed by atoms with van der Waals surface area (Å²) in [5.74, 6) is -0.300. The Morgan fingerprint density at radius 2 is 1.87 bits per heavy atom. The molecule has 19 heteroatoms. The van der Waals surface area contributed by atoms with Gasteiger partial charge in [-0.1, -0.05) is 23.8 Å². The molecule has 63 heavy (non-hydrogen) atoms. The van der Waals surface area contributed by atoms with Crippen LogP contribution >= 0.6 is 0 Å². The fourth-order valence-corrected chi connectivity index (χ4v) is 7.22. The lowest BCUT2D eigenvalue weighted by Gasteiger charge is -2.30. The average molecular weight is 867 g/mol. The van der Waals surface area contributed by atoms with Crippen LogP contribution < -0.4 is 47.3 Å². The second-order valence-electron chi connectivity index (χ2n) is 15.1. The van der Waals surface area contributed by atoms with Crippen LogP contribution in [0.5, 0.6) is 11.5 Å². The molecule has 0 radical (unpaired) electrons. The first-order valence-electron chi connectivity index (χ1n) is 20.8. The zero-order chi connectivity index (χ0) is 46.0. The number of imidazole rings is 2. The van der Waals surface area contributed by atoms with Crippen molar-refractivity contribution >= 4 is 69.0 Å². The number of anilines is 3. The van der Waals surface area contributed by atoms with Crippen molar-refractivity contribution in [1.82, 2.24) is 29.9 Å². The molecule has 5 rings (SSSR count). The number of H-pyrrole nitrogens is 1. The van der Waals surface area contributed by atoms with Crippen molar-refractivity contribution in [3.05, 3.63) is 77.2 Å². The number of allylic oxidation sites excluding steroid dienone is 5. The number of nitrogens with one attached hydrogen (secondary N) is 4. The summed E-state index contributed by atoms with van der Waals surface area (Å²) >= 11 is 0. The molecular weight excluding hydrogens is 807 g/mol. The Bertz CT molecular complexity index is 2530. The second-order valence-corrected chi connectivity index (χ2v) is 15.1. The summed E-state index contributed by atoms with van der Waals surface area (Å²) < 4.78 is 15.6. The van der Waals surface area contributed by atoms with E-state index in [1.165, 1.54) is 24.3 Å². The summed E-state index contributed by atoms with van der Waals surface area (Å²) in [5.41, 5.74) is 25.5. The number of rotatable bonds is 19. The number of methoxy groups -OCH3 is 1. The van der Waals surface area contributed by atoms with Crippen LogP contribution in [0.25, 0.3) is 22.1 Å². The van der Waals surface area contributed by atoms with Crippen LogP contribution in [-0.2, 0) is 27.5 Å². The lowest BCUT2D eigenvalue weighted by Crippen LogP contribution is -2.38. The third-order valence-electron chi connectivity index (χ3n) is 10.4. The highest BCUT2D eigenvalue weighted by Crippen LogP contribution is 2.32. The SMILES string of the molecule is CCN=C(/C=C(/C)N)C(=O)Nc1[nH]c2cc(N)cc(OCCCC(=O)N(C)NC)c2[n+]1C/C=C/Cn1c(NC(=O)C2=CC(C)=CCC(C)N2CC)nc2cc(C(N)=O)cc(OC)c21. The first-order chi connectivity index (χ1) is 30.1. The highest BCUT2D eigenvalue weighted by atomic mass is 16.5. The summed E-state index contributed by atoms with van der Waals surface area (Å²) in [6, 6.07) is 6.61. The van der Waals surface area contributed by atoms with Crippen LogP contribution in [0.4, 0.5) is 17.6 Å². The van der Waals surface area contributed by atoms with E-state index in [2.05, 4.69) is 39.0 Å². The molecule has 1 unspecified atom stereocenters. The minimum absolute atomic E-state index is 0.0878. The van der Waals surface area contributed by atoms with Gasteiger partial charge in [-0.3, -0.25) is 29.7 Å². The normalized spacial score (nSPS) is 14.7. The van der Waals surface area contributed by atoms with Crippen molar-refractivity contribution in [2.75, 3.05) is 57.3 Å². The number of benzene rings is 2.